The maximum absolute atomic E-state index is 6.37. The molecule has 0 aromatic carbocycles. The van der Waals surface area contributed by atoms with Crippen LogP contribution in [0.3, 0.4) is 0 Å². The van der Waals surface area contributed by atoms with Gasteiger partial charge in [-0.3, -0.25) is 0 Å². The molecule has 0 saturated heterocycles. The van der Waals surface area contributed by atoms with E-state index in [-0.39, 0.29) is 0 Å². The topological polar surface area (TPSA) is 40.2 Å². The lowest BCUT2D eigenvalue weighted by molar-refractivity contribution is -0.131. The molecule has 4 fully saturated rings. The molecule has 0 bridgehead atoms. The first kappa shape index (κ1) is 21.0. The number of fused-ring (bicyclic) bond motifs is 5. The summed E-state index contributed by atoms with van der Waals surface area (Å²) in [7, 11) is 0. The molecule has 0 spiro atoms. The van der Waals surface area contributed by atoms with Gasteiger partial charge in [-0.25, -0.2) is 4.98 Å². The van der Waals surface area contributed by atoms with Crippen LogP contribution in [0.15, 0.2) is 41.7 Å². The molecule has 174 valence electrons. The third-order valence-corrected chi connectivity index (χ3v) is 10.8. The van der Waals surface area contributed by atoms with Gasteiger partial charge in [0.25, 0.3) is 0 Å². The van der Waals surface area contributed by atoms with Crippen LogP contribution in [-0.2, 0) is 11.3 Å². The van der Waals surface area contributed by atoms with Crippen LogP contribution in [0.2, 0.25) is 0 Å². The van der Waals surface area contributed by atoms with Gasteiger partial charge in [0.15, 0.2) is 0 Å². The molecule has 2 heterocycles. The number of rotatable bonds is 5. The van der Waals surface area contributed by atoms with Crippen molar-refractivity contribution in [2.75, 3.05) is 6.61 Å². The average Bonchev–Trinajstić information content (AvgIpc) is 3.54. The molecule has 2 aromatic heterocycles. The number of hydrogen-bond donors (Lipinski definition) is 0. The Kier molecular flexibility index (Phi) is 5.28. The molecule has 4 aliphatic carbocycles. The highest BCUT2D eigenvalue weighted by Crippen LogP contribution is 2.69. The Balaban J connectivity index is 1.12. The van der Waals surface area contributed by atoms with Gasteiger partial charge in [0.05, 0.1) is 31.6 Å². The molecule has 4 saturated carbocycles. The van der Waals surface area contributed by atoms with Gasteiger partial charge in [0.1, 0.15) is 0 Å². The van der Waals surface area contributed by atoms with E-state index in [0.29, 0.717) is 22.9 Å². The lowest BCUT2D eigenvalue weighted by Crippen LogP contribution is -2.53. The van der Waals surface area contributed by atoms with Gasteiger partial charge in [-0.1, -0.05) is 13.8 Å². The lowest BCUT2D eigenvalue weighted by atomic mass is 9.44. The SMILES string of the molecule is C[C@]12CC[C@H](OCCn3ccnc3)C[C@H]1CC[C@H]1[C@H]3CC[C@H](c4ccoc4)[C@@]3(C)CC[C@@H]12. The maximum atomic E-state index is 6.37. The van der Waals surface area contributed by atoms with Crippen LogP contribution < -0.4 is 0 Å². The Labute approximate surface area is 193 Å². The van der Waals surface area contributed by atoms with Crippen molar-refractivity contribution in [3.63, 3.8) is 0 Å². The lowest BCUT2D eigenvalue weighted by Gasteiger charge is -2.61. The molecule has 32 heavy (non-hydrogen) atoms. The number of nitrogens with zero attached hydrogens (tertiary/aromatic N) is 2. The van der Waals surface area contributed by atoms with Crippen LogP contribution in [0.25, 0.3) is 0 Å². The van der Waals surface area contributed by atoms with Crippen molar-refractivity contribution in [3.8, 4) is 0 Å². The van der Waals surface area contributed by atoms with E-state index in [4.69, 9.17) is 9.15 Å². The zero-order valence-electron chi connectivity index (χ0n) is 19.9. The van der Waals surface area contributed by atoms with Crippen molar-refractivity contribution in [3.05, 3.63) is 42.9 Å². The van der Waals surface area contributed by atoms with Crippen LogP contribution in [0.1, 0.15) is 83.1 Å². The smallest absolute Gasteiger partial charge is 0.0946 e. The zero-order chi connectivity index (χ0) is 21.8. The summed E-state index contributed by atoms with van der Waals surface area (Å²) in [5.74, 6) is 4.33. The van der Waals surface area contributed by atoms with E-state index in [0.717, 1.165) is 36.8 Å². The van der Waals surface area contributed by atoms with E-state index in [9.17, 15) is 0 Å². The van der Waals surface area contributed by atoms with E-state index in [1.165, 1.54) is 63.4 Å². The predicted octanol–water partition coefficient (Wildman–Crippen LogP) is 6.69. The molecule has 0 amide bonds. The zero-order valence-corrected chi connectivity index (χ0v) is 19.9. The monoisotopic (exact) mass is 436 g/mol. The molecule has 4 aliphatic rings. The maximum Gasteiger partial charge on any atom is 0.0946 e. The largest absolute Gasteiger partial charge is 0.472 e. The number of ether oxygens (including phenoxy) is 1. The molecular weight excluding hydrogens is 396 g/mol. The Morgan fingerprint density at radius 1 is 1.06 bits per heavy atom. The summed E-state index contributed by atoms with van der Waals surface area (Å²) in [5.41, 5.74) is 2.46. The Hall–Kier alpha value is -1.55. The van der Waals surface area contributed by atoms with Crippen molar-refractivity contribution in [2.24, 2.45) is 34.5 Å². The number of imidazole rings is 1. The Morgan fingerprint density at radius 2 is 1.94 bits per heavy atom. The molecular formula is C28H40N2O2. The molecule has 4 nitrogen and oxygen atoms in total. The summed E-state index contributed by atoms with van der Waals surface area (Å²) in [4.78, 5) is 4.14. The highest BCUT2D eigenvalue weighted by molar-refractivity contribution is 5.22. The Morgan fingerprint density at radius 3 is 2.75 bits per heavy atom. The van der Waals surface area contributed by atoms with Gasteiger partial charge < -0.3 is 13.7 Å². The quantitative estimate of drug-likeness (QED) is 0.524. The first-order valence-electron chi connectivity index (χ1n) is 13.2. The van der Waals surface area contributed by atoms with Crippen molar-refractivity contribution < 1.29 is 9.15 Å². The van der Waals surface area contributed by atoms with Crippen LogP contribution in [0.5, 0.6) is 0 Å². The molecule has 8 atom stereocenters. The molecule has 0 aliphatic heterocycles. The second-order valence-corrected chi connectivity index (χ2v) is 12.0. The summed E-state index contributed by atoms with van der Waals surface area (Å²) in [6.45, 7) is 7.02. The third kappa shape index (κ3) is 3.31. The predicted molar refractivity (Wildman–Crippen MR) is 125 cm³/mol. The molecule has 6 rings (SSSR count). The van der Waals surface area contributed by atoms with Crippen LogP contribution in [-0.4, -0.2) is 22.3 Å². The summed E-state index contributed by atoms with van der Waals surface area (Å²) in [5, 5.41) is 0. The normalized spacial score (nSPS) is 43.4. The van der Waals surface area contributed by atoms with Crippen molar-refractivity contribution in [1.29, 1.82) is 0 Å². The van der Waals surface area contributed by atoms with E-state index < -0.39 is 0 Å². The summed E-state index contributed by atoms with van der Waals surface area (Å²) in [6.07, 6.45) is 22.5. The minimum Gasteiger partial charge on any atom is -0.472 e. The van der Waals surface area contributed by atoms with Crippen LogP contribution >= 0.6 is 0 Å². The van der Waals surface area contributed by atoms with Gasteiger partial charge in [-0.15, -0.1) is 0 Å². The van der Waals surface area contributed by atoms with Gasteiger partial charge in [-0.05, 0) is 110 Å². The molecule has 2 aromatic rings. The number of hydrogen-bond acceptors (Lipinski definition) is 3. The molecule has 0 unspecified atom stereocenters. The standard InChI is InChI=1S/C28H40N2O2/c1-27-10-7-22(32-16-14-30-13-12-29-19-30)17-21(27)3-4-23-25-6-5-24(20-9-15-31-18-20)28(25,2)11-8-26(23)27/h9,12-13,15,18-19,21-26H,3-8,10-11,14,16-17H2,1-2H3/t21-,22+,23+,24-,25-,26+,27+,28-/m1/s1. The average molecular weight is 437 g/mol. The van der Waals surface area contributed by atoms with Crippen LogP contribution in [0, 0.1) is 34.5 Å². The van der Waals surface area contributed by atoms with Crippen LogP contribution in [0.4, 0.5) is 0 Å². The van der Waals surface area contributed by atoms with E-state index in [1.54, 1.807) is 0 Å². The fourth-order valence-corrected chi connectivity index (χ4v) is 9.13. The first-order valence-corrected chi connectivity index (χ1v) is 13.2. The van der Waals surface area contributed by atoms with Gasteiger partial charge in [0, 0.05) is 18.9 Å². The van der Waals surface area contributed by atoms with E-state index >= 15 is 0 Å². The highest BCUT2D eigenvalue weighted by Gasteiger charge is 2.60. The van der Waals surface area contributed by atoms with Gasteiger partial charge in [-0.2, -0.15) is 0 Å². The minimum absolute atomic E-state index is 0.457. The summed E-state index contributed by atoms with van der Waals surface area (Å²) >= 11 is 0. The van der Waals surface area contributed by atoms with Gasteiger partial charge in [0.2, 0.25) is 0 Å². The van der Waals surface area contributed by atoms with Gasteiger partial charge >= 0.3 is 0 Å². The fourth-order valence-electron chi connectivity index (χ4n) is 9.13. The minimum atomic E-state index is 0.457. The fraction of sp³-hybridized carbons (Fsp3) is 0.750. The Bertz CT molecular complexity index is 893. The number of furan rings is 1. The number of aromatic nitrogens is 2. The molecule has 0 N–H and O–H groups in total. The van der Waals surface area contributed by atoms with Crippen molar-refractivity contribution >= 4 is 0 Å². The molecule has 0 radical (unpaired) electrons. The van der Waals surface area contributed by atoms with Crippen molar-refractivity contribution in [1.82, 2.24) is 9.55 Å². The second kappa shape index (κ2) is 8.04. The first-order chi connectivity index (χ1) is 15.6. The summed E-state index contributed by atoms with van der Waals surface area (Å²) < 4.78 is 14.0. The summed E-state index contributed by atoms with van der Waals surface area (Å²) in [6, 6.07) is 2.23. The second-order valence-electron chi connectivity index (χ2n) is 12.0. The molecule has 4 heteroatoms. The third-order valence-electron chi connectivity index (χ3n) is 10.8. The van der Waals surface area contributed by atoms with Crippen molar-refractivity contribution in [2.45, 2.75) is 90.2 Å². The van der Waals surface area contributed by atoms with E-state index in [1.807, 2.05) is 31.2 Å². The van der Waals surface area contributed by atoms with E-state index in [2.05, 4.69) is 29.5 Å². The highest BCUT2D eigenvalue weighted by atomic mass is 16.5.